The van der Waals surface area contributed by atoms with E-state index in [2.05, 4.69) is 0 Å². The van der Waals surface area contributed by atoms with Crippen LogP contribution < -0.4 is 0 Å². The van der Waals surface area contributed by atoms with Crippen LogP contribution in [0.1, 0.15) is 12.8 Å². The third-order valence-electron chi connectivity index (χ3n) is 2.61. The molecule has 0 aromatic rings. The highest BCUT2D eigenvalue weighted by Crippen LogP contribution is 2.22. The molecule has 1 fully saturated rings. The van der Waals surface area contributed by atoms with Gasteiger partial charge in [0.2, 0.25) is 5.91 Å². The van der Waals surface area contributed by atoms with E-state index in [1.807, 2.05) is 0 Å². The molecule has 0 aliphatic carbocycles. The molecule has 1 aliphatic heterocycles. The van der Waals surface area contributed by atoms with Crippen LogP contribution in [0.25, 0.3) is 0 Å². The van der Waals surface area contributed by atoms with Gasteiger partial charge in [-0.3, -0.25) is 9.59 Å². The van der Waals surface area contributed by atoms with Crippen LogP contribution in [0.2, 0.25) is 0 Å². The van der Waals surface area contributed by atoms with E-state index in [1.165, 1.54) is 4.90 Å². The average Bonchev–Trinajstić information content (AvgIpc) is 2.27. The topological polar surface area (TPSA) is 57.6 Å². The first-order chi connectivity index (χ1) is 8.29. The van der Waals surface area contributed by atoms with Crippen LogP contribution in [0.3, 0.4) is 0 Å². The highest BCUT2D eigenvalue weighted by Gasteiger charge is 2.30. The molecular weight excluding hydrogens is 271 g/mol. The lowest BCUT2D eigenvalue weighted by Gasteiger charge is -2.30. The third-order valence-corrected chi connectivity index (χ3v) is 3.60. The van der Waals surface area contributed by atoms with Gasteiger partial charge in [0.15, 0.2) is 0 Å². The molecule has 0 bridgehead atoms. The number of carboxylic acid groups (broad SMARTS) is 1. The molecule has 18 heavy (non-hydrogen) atoms. The van der Waals surface area contributed by atoms with Crippen molar-refractivity contribution in [2.24, 2.45) is 5.92 Å². The van der Waals surface area contributed by atoms with Crippen LogP contribution in [0.5, 0.6) is 0 Å². The van der Waals surface area contributed by atoms with Crippen molar-refractivity contribution in [2.75, 3.05) is 24.6 Å². The summed E-state index contributed by atoms with van der Waals surface area (Å²) in [5.74, 6) is -3.30. The quantitative estimate of drug-likeness (QED) is 0.852. The van der Waals surface area contributed by atoms with E-state index in [9.17, 15) is 22.8 Å². The number of nitrogens with zero attached hydrogens (tertiary/aromatic N) is 1. The number of carbonyl (C=O) groups excluding carboxylic acids is 1. The Labute approximate surface area is 107 Å². The maximum Gasteiger partial charge on any atom is 0.397 e. The summed E-state index contributed by atoms with van der Waals surface area (Å²) < 4.78 is 35.7. The van der Waals surface area contributed by atoms with Crippen LogP contribution >= 0.6 is 11.8 Å². The van der Waals surface area contributed by atoms with E-state index >= 15 is 0 Å². The second-order valence-electron chi connectivity index (χ2n) is 4.13. The summed E-state index contributed by atoms with van der Waals surface area (Å²) in [4.78, 5) is 23.7. The van der Waals surface area contributed by atoms with Gasteiger partial charge in [-0.05, 0) is 12.8 Å². The molecule has 0 saturated carbocycles. The molecule has 0 aromatic carbocycles. The second kappa shape index (κ2) is 6.31. The molecule has 0 radical (unpaired) electrons. The minimum atomic E-state index is -4.28. The maximum absolute atomic E-state index is 11.9. The fourth-order valence-corrected chi connectivity index (χ4v) is 2.44. The fourth-order valence-electron chi connectivity index (χ4n) is 1.75. The molecule has 1 atom stereocenters. The standard InChI is InChI=1S/C10H14F3NO3S/c11-10(12,13)6-18-5-8(15)14-3-1-2-7(4-14)9(16)17/h7H,1-6H2,(H,16,17)/t7-/m0/s1. The number of hydrogen-bond donors (Lipinski definition) is 1. The normalized spacial score (nSPS) is 20.8. The molecule has 1 N–H and O–H groups in total. The Morgan fingerprint density at radius 2 is 2.06 bits per heavy atom. The first-order valence-corrected chi connectivity index (χ1v) is 6.60. The van der Waals surface area contributed by atoms with Gasteiger partial charge in [-0.1, -0.05) is 0 Å². The van der Waals surface area contributed by atoms with Crippen molar-refractivity contribution in [3.8, 4) is 0 Å². The smallest absolute Gasteiger partial charge is 0.397 e. The van der Waals surface area contributed by atoms with Crippen molar-refractivity contribution < 1.29 is 27.9 Å². The zero-order valence-electron chi connectivity index (χ0n) is 9.57. The van der Waals surface area contributed by atoms with E-state index in [4.69, 9.17) is 5.11 Å². The number of halogens is 3. The summed E-state index contributed by atoms with van der Waals surface area (Å²) in [6.45, 7) is 0.524. The molecule has 0 aromatic heterocycles. The lowest BCUT2D eigenvalue weighted by atomic mass is 9.98. The summed E-state index contributed by atoms with van der Waals surface area (Å²) in [6, 6.07) is 0. The number of aliphatic carboxylic acids is 1. The molecule has 104 valence electrons. The lowest BCUT2D eigenvalue weighted by Crippen LogP contribution is -2.43. The van der Waals surface area contributed by atoms with Crippen molar-refractivity contribution in [2.45, 2.75) is 19.0 Å². The SMILES string of the molecule is O=C(O)[C@H]1CCCN(C(=O)CSCC(F)(F)F)C1. The zero-order chi connectivity index (χ0) is 13.8. The van der Waals surface area contributed by atoms with Gasteiger partial charge in [0, 0.05) is 13.1 Å². The number of rotatable bonds is 4. The van der Waals surface area contributed by atoms with Gasteiger partial charge in [0.25, 0.3) is 0 Å². The predicted molar refractivity (Wildman–Crippen MR) is 60.3 cm³/mol. The van der Waals surface area contributed by atoms with Crippen molar-refractivity contribution in [3.05, 3.63) is 0 Å². The molecule has 4 nitrogen and oxygen atoms in total. The van der Waals surface area contributed by atoms with E-state index < -0.39 is 29.7 Å². The third kappa shape index (κ3) is 5.16. The molecule has 1 rings (SSSR count). The molecule has 1 heterocycles. The first kappa shape index (κ1) is 15.1. The zero-order valence-corrected chi connectivity index (χ0v) is 10.4. The van der Waals surface area contributed by atoms with E-state index in [0.29, 0.717) is 31.1 Å². The molecule has 0 spiro atoms. The van der Waals surface area contributed by atoms with Crippen LogP contribution in [0.15, 0.2) is 0 Å². The summed E-state index contributed by atoms with van der Waals surface area (Å²) in [5, 5.41) is 8.83. The van der Waals surface area contributed by atoms with Crippen molar-refractivity contribution in [1.29, 1.82) is 0 Å². The summed E-state index contributed by atoms with van der Waals surface area (Å²) in [6.07, 6.45) is -3.20. The minimum absolute atomic E-state index is 0.0980. The maximum atomic E-state index is 11.9. The number of piperidine rings is 1. The molecule has 1 amide bonds. The fraction of sp³-hybridized carbons (Fsp3) is 0.800. The van der Waals surface area contributed by atoms with Crippen LogP contribution in [0.4, 0.5) is 13.2 Å². The Balaban J connectivity index is 2.35. The number of likely N-dealkylation sites (tertiary alicyclic amines) is 1. The Kier molecular flexibility index (Phi) is 5.30. The number of carboxylic acids is 1. The largest absolute Gasteiger partial charge is 0.481 e. The highest BCUT2D eigenvalue weighted by atomic mass is 32.2. The molecule has 8 heteroatoms. The minimum Gasteiger partial charge on any atom is -0.481 e. The van der Waals surface area contributed by atoms with Gasteiger partial charge in [0.1, 0.15) is 0 Å². The van der Waals surface area contributed by atoms with Crippen LogP contribution in [-0.2, 0) is 9.59 Å². The van der Waals surface area contributed by atoms with E-state index in [1.54, 1.807) is 0 Å². The number of amides is 1. The van der Waals surface area contributed by atoms with Crippen molar-refractivity contribution in [1.82, 2.24) is 4.90 Å². The van der Waals surface area contributed by atoms with Gasteiger partial charge < -0.3 is 10.0 Å². The summed E-state index contributed by atoms with van der Waals surface area (Å²) in [5.41, 5.74) is 0. The average molecular weight is 285 g/mol. The monoisotopic (exact) mass is 285 g/mol. The van der Waals surface area contributed by atoms with E-state index in [-0.39, 0.29) is 12.3 Å². The van der Waals surface area contributed by atoms with Gasteiger partial charge in [-0.15, -0.1) is 11.8 Å². The number of carbonyl (C=O) groups is 2. The van der Waals surface area contributed by atoms with Gasteiger partial charge in [0.05, 0.1) is 17.4 Å². The number of thioether (sulfide) groups is 1. The Morgan fingerprint density at radius 1 is 1.39 bits per heavy atom. The Hall–Kier alpha value is -0.920. The van der Waals surface area contributed by atoms with Crippen LogP contribution in [0, 0.1) is 5.92 Å². The second-order valence-corrected chi connectivity index (χ2v) is 5.11. The number of hydrogen-bond acceptors (Lipinski definition) is 3. The lowest BCUT2D eigenvalue weighted by molar-refractivity contribution is -0.145. The summed E-state index contributed by atoms with van der Waals surface area (Å²) >= 11 is 0.508. The molecule has 1 aliphatic rings. The van der Waals surface area contributed by atoms with Crippen molar-refractivity contribution in [3.63, 3.8) is 0 Å². The number of alkyl halides is 3. The van der Waals surface area contributed by atoms with Crippen molar-refractivity contribution >= 4 is 23.6 Å². The Morgan fingerprint density at radius 3 is 2.61 bits per heavy atom. The summed E-state index contributed by atoms with van der Waals surface area (Å²) in [7, 11) is 0. The molecule has 0 unspecified atom stereocenters. The molecular formula is C10H14F3NO3S. The highest BCUT2D eigenvalue weighted by molar-refractivity contribution is 8.00. The van der Waals surface area contributed by atoms with Gasteiger partial charge >= 0.3 is 12.1 Å². The molecule has 1 saturated heterocycles. The van der Waals surface area contributed by atoms with Gasteiger partial charge in [-0.2, -0.15) is 13.2 Å². The van der Waals surface area contributed by atoms with E-state index in [0.717, 1.165) is 0 Å². The van der Waals surface area contributed by atoms with Gasteiger partial charge in [-0.25, -0.2) is 0 Å². The first-order valence-electron chi connectivity index (χ1n) is 5.44. The van der Waals surface area contributed by atoms with Crippen LogP contribution in [-0.4, -0.2) is 52.7 Å². The predicted octanol–water partition coefficient (Wildman–Crippen LogP) is 1.61. The Bertz CT molecular complexity index is 322.